The SMILES string of the molecule is CN(C)c1ccc(Cl)cc1NC(=O)C1CCN(S(=O)(=O)c2ccc(C#N)cc2)CC1. The van der Waals surface area contributed by atoms with Gasteiger partial charge in [-0.05, 0) is 55.3 Å². The summed E-state index contributed by atoms with van der Waals surface area (Å²) in [4.78, 5) is 14.8. The molecular formula is C21H23ClN4O3S. The van der Waals surface area contributed by atoms with Gasteiger partial charge in [-0.2, -0.15) is 9.57 Å². The zero-order valence-corrected chi connectivity index (χ0v) is 18.4. The predicted octanol–water partition coefficient (Wildman–Crippen LogP) is 3.32. The largest absolute Gasteiger partial charge is 0.376 e. The monoisotopic (exact) mass is 446 g/mol. The molecule has 0 aromatic heterocycles. The molecule has 158 valence electrons. The minimum absolute atomic E-state index is 0.143. The van der Waals surface area contributed by atoms with Crippen LogP contribution in [0.4, 0.5) is 11.4 Å². The first-order valence-corrected chi connectivity index (χ1v) is 11.3. The Labute approximate surface area is 181 Å². The molecule has 0 spiro atoms. The summed E-state index contributed by atoms with van der Waals surface area (Å²) in [5.74, 6) is -0.429. The fraction of sp³-hybridized carbons (Fsp3) is 0.333. The second-order valence-electron chi connectivity index (χ2n) is 7.36. The summed E-state index contributed by atoms with van der Waals surface area (Å²) in [5, 5.41) is 12.3. The van der Waals surface area contributed by atoms with E-state index in [-0.39, 0.29) is 29.8 Å². The average molecular weight is 447 g/mol. The van der Waals surface area contributed by atoms with Crippen LogP contribution in [0.25, 0.3) is 0 Å². The number of nitrogens with one attached hydrogen (secondary N) is 1. The summed E-state index contributed by atoms with van der Waals surface area (Å²) in [7, 11) is 0.110. The smallest absolute Gasteiger partial charge is 0.243 e. The van der Waals surface area contributed by atoms with Crippen molar-refractivity contribution >= 4 is 38.9 Å². The molecule has 0 aliphatic carbocycles. The lowest BCUT2D eigenvalue weighted by molar-refractivity contribution is -0.120. The fourth-order valence-electron chi connectivity index (χ4n) is 3.44. The van der Waals surface area contributed by atoms with Gasteiger partial charge in [0, 0.05) is 38.1 Å². The number of benzene rings is 2. The van der Waals surface area contributed by atoms with Crippen LogP contribution in [-0.4, -0.2) is 45.8 Å². The Hall–Kier alpha value is -2.60. The molecule has 2 aromatic carbocycles. The van der Waals surface area contributed by atoms with Crippen LogP contribution in [-0.2, 0) is 14.8 Å². The standard InChI is InChI=1S/C21H23ClN4O3S/c1-25(2)20-8-5-17(22)13-19(20)24-21(27)16-9-11-26(12-10-16)30(28,29)18-6-3-15(14-23)4-7-18/h3-8,13,16H,9-12H2,1-2H3,(H,24,27). The molecule has 0 radical (unpaired) electrons. The highest BCUT2D eigenvalue weighted by molar-refractivity contribution is 7.89. The molecule has 0 bridgehead atoms. The van der Waals surface area contributed by atoms with Crippen LogP contribution in [0.15, 0.2) is 47.4 Å². The minimum atomic E-state index is -3.65. The zero-order chi connectivity index (χ0) is 21.9. The maximum Gasteiger partial charge on any atom is 0.243 e. The van der Waals surface area contributed by atoms with Gasteiger partial charge in [0.15, 0.2) is 0 Å². The van der Waals surface area contributed by atoms with E-state index in [2.05, 4.69) is 5.32 Å². The van der Waals surface area contributed by atoms with E-state index in [0.29, 0.717) is 29.1 Å². The van der Waals surface area contributed by atoms with Gasteiger partial charge in [-0.3, -0.25) is 4.79 Å². The first-order valence-electron chi connectivity index (χ1n) is 9.50. The number of anilines is 2. The number of carbonyl (C=O) groups is 1. The Balaban J connectivity index is 1.66. The quantitative estimate of drug-likeness (QED) is 0.760. The summed E-state index contributed by atoms with van der Waals surface area (Å²) < 4.78 is 27.1. The number of carbonyl (C=O) groups excluding carboxylic acids is 1. The molecular weight excluding hydrogens is 424 g/mol. The van der Waals surface area contributed by atoms with E-state index in [1.54, 1.807) is 12.1 Å². The molecule has 1 saturated heterocycles. The van der Waals surface area contributed by atoms with Crippen molar-refractivity contribution in [1.82, 2.24) is 4.31 Å². The van der Waals surface area contributed by atoms with Gasteiger partial charge in [0.05, 0.1) is 27.9 Å². The summed E-state index contributed by atoms with van der Waals surface area (Å²) in [5.41, 5.74) is 1.88. The zero-order valence-electron chi connectivity index (χ0n) is 16.8. The van der Waals surface area contributed by atoms with Crippen molar-refractivity contribution in [3.63, 3.8) is 0 Å². The number of sulfonamides is 1. The summed E-state index contributed by atoms with van der Waals surface area (Å²) in [6, 6.07) is 13.1. The van der Waals surface area contributed by atoms with Crippen molar-refractivity contribution < 1.29 is 13.2 Å². The molecule has 3 rings (SSSR count). The molecule has 1 aliphatic rings. The van der Waals surface area contributed by atoms with Gasteiger partial charge in [-0.25, -0.2) is 8.42 Å². The van der Waals surface area contributed by atoms with Crippen LogP contribution >= 0.6 is 11.6 Å². The number of nitrogens with zero attached hydrogens (tertiary/aromatic N) is 3. The number of piperidine rings is 1. The van der Waals surface area contributed by atoms with Gasteiger partial charge in [-0.15, -0.1) is 0 Å². The highest BCUT2D eigenvalue weighted by Crippen LogP contribution is 2.30. The maximum atomic E-state index is 12.8. The Morgan fingerprint density at radius 1 is 1.17 bits per heavy atom. The first kappa shape index (κ1) is 22.1. The molecule has 0 saturated carbocycles. The number of amides is 1. The van der Waals surface area contributed by atoms with Gasteiger partial charge < -0.3 is 10.2 Å². The number of rotatable bonds is 5. The normalized spacial score (nSPS) is 15.4. The van der Waals surface area contributed by atoms with E-state index in [9.17, 15) is 13.2 Å². The minimum Gasteiger partial charge on any atom is -0.376 e. The van der Waals surface area contributed by atoms with Crippen LogP contribution in [0, 0.1) is 17.2 Å². The van der Waals surface area contributed by atoms with Crippen LogP contribution in [0.1, 0.15) is 18.4 Å². The number of halogens is 1. The molecule has 1 fully saturated rings. The second-order valence-corrected chi connectivity index (χ2v) is 9.73. The molecule has 30 heavy (non-hydrogen) atoms. The number of nitriles is 1. The summed E-state index contributed by atoms with van der Waals surface area (Å²) in [6.07, 6.45) is 0.860. The lowest BCUT2D eigenvalue weighted by Gasteiger charge is -2.31. The lowest BCUT2D eigenvalue weighted by Crippen LogP contribution is -2.41. The van der Waals surface area contributed by atoms with Crippen molar-refractivity contribution in [1.29, 1.82) is 5.26 Å². The van der Waals surface area contributed by atoms with E-state index in [4.69, 9.17) is 16.9 Å². The fourth-order valence-corrected chi connectivity index (χ4v) is 5.08. The molecule has 7 nitrogen and oxygen atoms in total. The third-order valence-corrected chi connectivity index (χ3v) is 7.29. The van der Waals surface area contributed by atoms with Crippen LogP contribution in [0.2, 0.25) is 5.02 Å². The maximum absolute atomic E-state index is 12.8. The van der Waals surface area contributed by atoms with E-state index < -0.39 is 10.0 Å². The Bertz CT molecular complexity index is 1070. The molecule has 2 aromatic rings. The molecule has 1 amide bonds. The Morgan fingerprint density at radius 2 is 1.80 bits per heavy atom. The second kappa shape index (κ2) is 9.04. The first-order chi connectivity index (χ1) is 14.2. The van der Waals surface area contributed by atoms with E-state index in [0.717, 1.165) is 5.69 Å². The van der Waals surface area contributed by atoms with E-state index in [1.165, 1.54) is 28.6 Å². The van der Waals surface area contributed by atoms with E-state index >= 15 is 0 Å². The van der Waals surface area contributed by atoms with Crippen LogP contribution in [0.3, 0.4) is 0 Å². The van der Waals surface area contributed by atoms with Crippen molar-refractivity contribution in [3.05, 3.63) is 53.1 Å². The molecule has 1 N–H and O–H groups in total. The highest BCUT2D eigenvalue weighted by atomic mass is 35.5. The third-order valence-electron chi connectivity index (χ3n) is 5.14. The molecule has 9 heteroatoms. The lowest BCUT2D eigenvalue weighted by atomic mass is 9.97. The van der Waals surface area contributed by atoms with Crippen molar-refractivity contribution in [2.45, 2.75) is 17.7 Å². The van der Waals surface area contributed by atoms with Crippen LogP contribution in [0.5, 0.6) is 0 Å². The molecule has 1 aliphatic heterocycles. The summed E-state index contributed by atoms with van der Waals surface area (Å²) >= 11 is 6.08. The topological polar surface area (TPSA) is 93.5 Å². The van der Waals surface area contributed by atoms with Gasteiger partial charge in [0.25, 0.3) is 0 Å². The number of hydrogen-bond donors (Lipinski definition) is 1. The van der Waals surface area contributed by atoms with Crippen molar-refractivity contribution in [2.24, 2.45) is 5.92 Å². The van der Waals surface area contributed by atoms with Gasteiger partial charge >= 0.3 is 0 Å². The summed E-state index contributed by atoms with van der Waals surface area (Å²) in [6.45, 7) is 0.521. The van der Waals surface area contributed by atoms with Gasteiger partial charge in [-0.1, -0.05) is 11.6 Å². The van der Waals surface area contributed by atoms with Gasteiger partial charge in [0.2, 0.25) is 15.9 Å². The Kier molecular flexibility index (Phi) is 6.66. The van der Waals surface area contributed by atoms with Crippen molar-refractivity contribution in [2.75, 3.05) is 37.4 Å². The van der Waals surface area contributed by atoms with Crippen molar-refractivity contribution in [3.8, 4) is 6.07 Å². The average Bonchev–Trinajstić information content (AvgIpc) is 2.73. The number of hydrogen-bond acceptors (Lipinski definition) is 5. The molecule has 0 unspecified atom stereocenters. The van der Waals surface area contributed by atoms with Gasteiger partial charge in [0.1, 0.15) is 0 Å². The highest BCUT2D eigenvalue weighted by Gasteiger charge is 2.32. The van der Waals surface area contributed by atoms with Crippen LogP contribution < -0.4 is 10.2 Å². The molecule has 0 atom stereocenters. The predicted molar refractivity (Wildman–Crippen MR) is 117 cm³/mol. The third kappa shape index (κ3) is 4.75. The molecule has 1 heterocycles. The van der Waals surface area contributed by atoms with E-state index in [1.807, 2.05) is 31.1 Å². The Morgan fingerprint density at radius 3 is 2.37 bits per heavy atom.